The summed E-state index contributed by atoms with van der Waals surface area (Å²) in [5, 5.41) is 0. The standard InChI is InChI=1S/C5H9N2Se/c1-2-7-4-3-6-5(7)8/h2-4H2,1H3. The average molecular weight is 176 g/mol. The second kappa shape index (κ2) is 2.51. The third-order valence-electron chi connectivity index (χ3n) is 1.27. The molecule has 1 heterocycles. The molecule has 3 heteroatoms. The fourth-order valence-corrected chi connectivity index (χ4v) is 1.41. The number of rotatable bonds is 1. The molecule has 1 rings (SSSR count). The zero-order valence-corrected chi connectivity index (χ0v) is 6.64. The molecule has 1 aliphatic heterocycles. The fourth-order valence-electron chi connectivity index (χ4n) is 0.755. The molecule has 0 bridgehead atoms. The van der Waals surface area contributed by atoms with Crippen LogP contribution in [0, 0.1) is 0 Å². The van der Waals surface area contributed by atoms with Gasteiger partial charge >= 0.3 is 57.2 Å². The van der Waals surface area contributed by atoms with E-state index < -0.39 is 0 Å². The van der Waals surface area contributed by atoms with Gasteiger partial charge in [0.25, 0.3) is 0 Å². The minimum absolute atomic E-state index is 0.968. The summed E-state index contributed by atoms with van der Waals surface area (Å²) in [5.74, 6) is 0. The average Bonchev–Trinajstić information content (AvgIpc) is 2.14. The van der Waals surface area contributed by atoms with Crippen molar-refractivity contribution >= 4 is 20.7 Å². The molecule has 8 heavy (non-hydrogen) atoms. The van der Waals surface area contributed by atoms with Crippen LogP contribution in [-0.2, 0) is 0 Å². The summed E-state index contributed by atoms with van der Waals surface area (Å²) in [6.07, 6.45) is 0. The molecule has 0 aromatic carbocycles. The summed E-state index contributed by atoms with van der Waals surface area (Å²) in [4.78, 5) is 6.40. The summed E-state index contributed by atoms with van der Waals surface area (Å²) < 4.78 is 1.08. The van der Waals surface area contributed by atoms with Gasteiger partial charge in [-0.15, -0.1) is 0 Å². The number of hydrogen-bond acceptors (Lipinski definition) is 2. The zero-order valence-electron chi connectivity index (χ0n) is 4.92. The Morgan fingerprint density at radius 1 is 1.88 bits per heavy atom. The van der Waals surface area contributed by atoms with E-state index >= 15 is 0 Å². The van der Waals surface area contributed by atoms with Crippen molar-refractivity contribution in [2.24, 2.45) is 4.99 Å². The van der Waals surface area contributed by atoms with Crippen LogP contribution in [0.15, 0.2) is 4.99 Å². The number of hydrogen-bond donors (Lipinski definition) is 0. The first-order valence-corrected chi connectivity index (χ1v) is 3.66. The number of likely N-dealkylation sites (N-methyl/N-ethyl adjacent to an activating group) is 1. The van der Waals surface area contributed by atoms with Gasteiger partial charge in [-0.25, -0.2) is 0 Å². The molecule has 0 aromatic heterocycles. The predicted molar refractivity (Wildman–Crippen MR) is 35.3 cm³/mol. The van der Waals surface area contributed by atoms with Gasteiger partial charge in [0.15, 0.2) is 0 Å². The molecule has 0 aliphatic carbocycles. The molecule has 1 radical (unpaired) electrons. The maximum atomic E-state index is 4.18. The van der Waals surface area contributed by atoms with Crippen LogP contribution in [0.4, 0.5) is 0 Å². The van der Waals surface area contributed by atoms with E-state index in [1.54, 1.807) is 0 Å². The Morgan fingerprint density at radius 2 is 2.62 bits per heavy atom. The van der Waals surface area contributed by atoms with E-state index in [2.05, 4.69) is 32.8 Å². The summed E-state index contributed by atoms with van der Waals surface area (Å²) in [7, 11) is 0. The molecule has 0 aromatic rings. The van der Waals surface area contributed by atoms with Gasteiger partial charge in [0.2, 0.25) is 0 Å². The first-order valence-electron chi connectivity index (χ1n) is 2.81. The Labute approximate surface area is 57.8 Å². The summed E-state index contributed by atoms with van der Waals surface area (Å²) in [6.45, 7) is 5.28. The molecule has 1 aliphatic rings. The third-order valence-corrected chi connectivity index (χ3v) is 2.08. The van der Waals surface area contributed by atoms with Crippen molar-refractivity contribution in [3.05, 3.63) is 0 Å². The summed E-state index contributed by atoms with van der Waals surface area (Å²) >= 11 is 2.92. The van der Waals surface area contributed by atoms with E-state index in [1.807, 2.05) is 0 Å². The molecule has 0 amide bonds. The summed E-state index contributed by atoms with van der Waals surface area (Å²) in [5.41, 5.74) is 0. The molecule has 0 N–H and O–H groups in total. The van der Waals surface area contributed by atoms with E-state index in [4.69, 9.17) is 0 Å². The van der Waals surface area contributed by atoms with Crippen LogP contribution in [0.1, 0.15) is 6.92 Å². The van der Waals surface area contributed by atoms with E-state index in [0.717, 1.165) is 24.4 Å². The Hall–Kier alpha value is -0.0105. The minimum atomic E-state index is 0.968. The molecular weight excluding hydrogens is 167 g/mol. The zero-order chi connectivity index (χ0) is 5.98. The maximum absolute atomic E-state index is 4.18. The first-order chi connectivity index (χ1) is 3.84. The van der Waals surface area contributed by atoms with Crippen LogP contribution in [0.2, 0.25) is 0 Å². The molecule has 0 saturated carbocycles. The Kier molecular flexibility index (Phi) is 1.92. The normalized spacial score (nSPS) is 19.1. The number of nitrogens with zero attached hydrogens (tertiary/aromatic N) is 2. The van der Waals surface area contributed by atoms with E-state index in [9.17, 15) is 0 Å². The van der Waals surface area contributed by atoms with E-state index in [1.165, 1.54) is 0 Å². The van der Waals surface area contributed by atoms with Crippen LogP contribution < -0.4 is 0 Å². The molecular formula is C5H9N2Se. The molecule has 2 nitrogen and oxygen atoms in total. The van der Waals surface area contributed by atoms with Gasteiger partial charge < -0.3 is 0 Å². The number of aliphatic imine (C=N–C) groups is 1. The van der Waals surface area contributed by atoms with Gasteiger partial charge in [0.1, 0.15) is 0 Å². The van der Waals surface area contributed by atoms with Crippen molar-refractivity contribution < 1.29 is 0 Å². The topological polar surface area (TPSA) is 15.6 Å². The molecule has 0 atom stereocenters. The third kappa shape index (κ3) is 1.04. The van der Waals surface area contributed by atoms with Crippen molar-refractivity contribution in [2.45, 2.75) is 6.92 Å². The van der Waals surface area contributed by atoms with Gasteiger partial charge in [-0.1, -0.05) is 0 Å². The Bertz CT molecular complexity index is 111. The van der Waals surface area contributed by atoms with E-state index in [-0.39, 0.29) is 0 Å². The van der Waals surface area contributed by atoms with Gasteiger partial charge in [-0.3, -0.25) is 0 Å². The number of amidine groups is 1. The summed E-state index contributed by atoms with van der Waals surface area (Å²) in [6, 6.07) is 0. The molecule has 0 unspecified atom stereocenters. The van der Waals surface area contributed by atoms with Gasteiger partial charge in [-0.05, 0) is 0 Å². The van der Waals surface area contributed by atoms with Crippen molar-refractivity contribution in [1.82, 2.24) is 4.90 Å². The van der Waals surface area contributed by atoms with E-state index in [0.29, 0.717) is 0 Å². The van der Waals surface area contributed by atoms with Crippen LogP contribution in [0.5, 0.6) is 0 Å². The first kappa shape index (κ1) is 6.11. The Balaban J connectivity index is 2.46. The molecule has 0 spiro atoms. The van der Waals surface area contributed by atoms with Crippen LogP contribution in [0.25, 0.3) is 0 Å². The molecule has 0 fully saturated rings. The molecule has 45 valence electrons. The fraction of sp³-hybridized carbons (Fsp3) is 0.800. The monoisotopic (exact) mass is 177 g/mol. The second-order valence-corrected chi connectivity index (χ2v) is 2.51. The van der Waals surface area contributed by atoms with Crippen molar-refractivity contribution in [1.29, 1.82) is 0 Å². The van der Waals surface area contributed by atoms with Gasteiger partial charge in [-0.2, -0.15) is 0 Å². The van der Waals surface area contributed by atoms with Gasteiger partial charge in [0, 0.05) is 0 Å². The van der Waals surface area contributed by atoms with Crippen molar-refractivity contribution in [3.63, 3.8) is 0 Å². The Morgan fingerprint density at radius 3 is 2.88 bits per heavy atom. The van der Waals surface area contributed by atoms with Crippen molar-refractivity contribution in [3.8, 4) is 0 Å². The predicted octanol–water partition coefficient (Wildman–Crippen LogP) is -0.154. The molecule has 0 saturated heterocycles. The van der Waals surface area contributed by atoms with Gasteiger partial charge in [0.05, 0.1) is 0 Å². The second-order valence-electron chi connectivity index (χ2n) is 1.74. The SMILES string of the molecule is CCN1CCN=C1[Se]. The van der Waals surface area contributed by atoms with Crippen LogP contribution >= 0.6 is 0 Å². The van der Waals surface area contributed by atoms with Crippen molar-refractivity contribution in [2.75, 3.05) is 19.6 Å². The quantitative estimate of drug-likeness (QED) is 0.507. The van der Waals surface area contributed by atoms with Crippen LogP contribution in [-0.4, -0.2) is 45.3 Å². The van der Waals surface area contributed by atoms with Crippen LogP contribution in [0.3, 0.4) is 0 Å².